The Morgan fingerprint density at radius 2 is 2.17 bits per heavy atom. The van der Waals surface area contributed by atoms with Crippen molar-refractivity contribution in [2.24, 2.45) is 5.92 Å². The summed E-state index contributed by atoms with van der Waals surface area (Å²) < 4.78 is 20.0. The Kier molecular flexibility index (Phi) is 4.15. The maximum atomic E-state index is 12.9. The van der Waals surface area contributed by atoms with E-state index in [1.165, 1.54) is 31.2 Å². The summed E-state index contributed by atoms with van der Waals surface area (Å²) in [6.07, 6.45) is 5.80. The number of aromatic nitrogens is 3. The molecule has 5 rings (SSSR count). The standard InChI is InChI=1S/C21H22FN5O2/c1-21-12-14(21)6-9-26(21)18-7-10-27-19(25-18)17(13-24-27)20(28)23-8-11-29-16-4-2-15(22)3-5-16/h2-5,7,10,13-14H,6,8-9,11-12H2,1H3,(H,23,28). The summed E-state index contributed by atoms with van der Waals surface area (Å²) in [7, 11) is 0. The number of benzene rings is 1. The van der Waals surface area contributed by atoms with Crippen molar-refractivity contribution < 1.29 is 13.9 Å². The van der Waals surface area contributed by atoms with E-state index in [-0.39, 0.29) is 23.9 Å². The highest BCUT2D eigenvalue weighted by atomic mass is 19.1. The number of halogens is 1. The van der Waals surface area contributed by atoms with Crippen LogP contribution in [0.5, 0.6) is 5.75 Å². The molecule has 2 aliphatic rings. The van der Waals surface area contributed by atoms with Crippen molar-refractivity contribution in [2.75, 3.05) is 24.6 Å². The second kappa shape index (κ2) is 6.72. The maximum absolute atomic E-state index is 12.9. The lowest BCUT2D eigenvalue weighted by Gasteiger charge is -2.26. The molecule has 1 saturated carbocycles. The van der Waals surface area contributed by atoms with Crippen LogP contribution < -0.4 is 15.0 Å². The summed E-state index contributed by atoms with van der Waals surface area (Å²) in [6, 6.07) is 7.74. The molecule has 29 heavy (non-hydrogen) atoms. The molecule has 3 aromatic rings. The van der Waals surface area contributed by atoms with Crippen molar-refractivity contribution in [3.63, 3.8) is 0 Å². The largest absolute Gasteiger partial charge is 0.492 e. The minimum Gasteiger partial charge on any atom is -0.492 e. The Hall–Kier alpha value is -3.16. The molecular formula is C21H22FN5O2. The smallest absolute Gasteiger partial charge is 0.256 e. The molecule has 1 aromatic carbocycles. The molecule has 2 unspecified atom stereocenters. The summed E-state index contributed by atoms with van der Waals surface area (Å²) in [5, 5.41) is 7.07. The van der Waals surface area contributed by atoms with E-state index in [1.54, 1.807) is 16.6 Å². The van der Waals surface area contributed by atoms with E-state index in [0.29, 0.717) is 23.5 Å². The molecule has 0 radical (unpaired) electrons. The fourth-order valence-corrected chi connectivity index (χ4v) is 4.23. The number of rotatable bonds is 6. The van der Waals surface area contributed by atoms with E-state index < -0.39 is 0 Å². The van der Waals surface area contributed by atoms with Crippen molar-refractivity contribution >= 4 is 17.4 Å². The molecule has 1 amide bonds. The monoisotopic (exact) mass is 395 g/mol. The number of ether oxygens (including phenoxy) is 1. The topological polar surface area (TPSA) is 71.8 Å². The van der Waals surface area contributed by atoms with Gasteiger partial charge in [0, 0.05) is 18.3 Å². The van der Waals surface area contributed by atoms with Gasteiger partial charge in [-0.05, 0) is 56.0 Å². The summed E-state index contributed by atoms with van der Waals surface area (Å²) in [4.78, 5) is 19.7. The molecule has 0 spiro atoms. The van der Waals surface area contributed by atoms with E-state index in [4.69, 9.17) is 9.72 Å². The summed E-state index contributed by atoms with van der Waals surface area (Å²) in [5.74, 6) is 1.65. The molecule has 1 N–H and O–H groups in total. The second-order valence-corrected chi connectivity index (χ2v) is 7.87. The molecular weight excluding hydrogens is 373 g/mol. The third-order valence-electron chi connectivity index (χ3n) is 6.04. The van der Waals surface area contributed by atoms with Crippen molar-refractivity contribution in [1.29, 1.82) is 0 Å². The highest BCUT2D eigenvalue weighted by Gasteiger charge is 2.58. The highest BCUT2D eigenvalue weighted by molar-refractivity contribution is 5.99. The summed E-state index contributed by atoms with van der Waals surface area (Å²) in [6.45, 7) is 3.88. The minimum absolute atomic E-state index is 0.214. The van der Waals surface area contributed by atoms with Crippen molar-refractivity contribution in [3.05, 3.63) is 54.1 Å². The zero-order chi connectivity index (χ0) is 20.0. The molecule has 3 heterocycles. The fraction of sp³-hybridized carbons (Fsp3) is 0.381. The Balaban J connectivity index is 1.25. The molecule has 1 aliphatic heterocycles. The summed E-state index contributed by atoms with van der Waals surface area (Å²) >= 11 is 0. The van der Waals surface area contributed by atoms with Crippen LogP contribution >= 0.6 is 0 Å². The van der Waals surface area contributed by atoms with Gasteiger partial charge < -0.3 is 15.0 Å². The molecule has 150 valence electrons. The molecule has 1 aliphatic carbocycles. The van der Waals surface area contributed by atoms with Gasteiger partial charge in [-0.3, -0.25) is 4.79 Å². The minimum atomic E-state index is -0.314. The van der Waals surface area contributed by atoms with Crippen LogP contribution in [0.25, 0.3) is 5.65 Å². The van der Waals surface area contributed by atoms with E-state index in [0.717, 1.165) is 18.3 Å². The van der Waals surface area contributed by atoms with Crippen LogP contribution in [0.2, 0.25) is 0 Å². The van der Waals surface area contributed by atoms with E-state index >= 15 is 0 Å². The lowest BCUT2D eigenvalue weighted by Crippen LogP contribution is -2.33. The number of carbonyl (C=O) groups is 1. The summed E-state index contributed by atoms with van der Waals surface area (Å²) in [5.41, 5.74) is 1.20. The number of nitrogens with zero attached hydrogens (tertiary/aromatic N) is 4. The first-order valence-electron chi connectivity index (χ1n) is 9.83. The fourth-order valence-electron chi connectivity index (χ4n) is 4.23. The maximum Gasteiger partial charge on any atom is 0.256 e. The van der Waals surface area contributed by atoms with Gasteiger partial charge in [0.15, 0.2) is 5.65 Å². The van der Waals surface area contributed by atoms with Crippen LogP contribution in [-0.2, 0) is 0 Å². The van der Waals surface area contributed by atoms with Crippen molar-refractivity contribution in [3.8, 4) is 5.75 Å². The van der Waals surface area contributed by atoms with Crippen LogP contribution in [0.1, 0.15) is 30.1 Å². The number of amides is 1. The second-order valence-electron chi connectivity index (χ2n) is 7.87. The van der Waals surface area contributed by atoms with Crippen LogP contribution in [0, 0.1) is 11.7 Å². The van der Waals surface area contributed by atoms with Crippen LogP contribution in [0.4, 0.5) is 10.2 Å². The van der Waals surface area contributed by atoms with Crippen molar-refractivity contribution in [2.45, 2.75) is 25.3 Å². The third kappa shape index (κ3) is 3.18. The molecule has 2 fully saturated rings. The lowest BCUT2D eigenvalue weighted by molar-refractivity contribution is 0.0948. The molecule has 2 atom stereocenters. The van der Waals surface area contributed by atoms with Gasteiger partial charge in [0.05, 0.1) is 12.7 Å². The number of carbonyl (C=O) groups excluding carboxylic acids is 1. The zero-order valence-electron chi connectivity index (χ0n) is 16.1. The average Bonchev–Trinajstić information content (AvgIpc) is 3.06. The third-order valence-corrected chi connectivity index (χ3v) is 6.04. The van der Waals surface area contributed by atoms with Crippen LogP contribution in [0.15, 0.2) is 42.7 Å². The van der Waals surface area contributed by atoms with Gasteiger partial charge in [-0.15, -0.1) is 0 Å². The van der Waals surface area contributed by atoms with E-state index in [1.807, 2.05) is 12.3 Å². The first-order chi connectivity index (χ1) is 14.0. The van der Waals surface area contributed by atoms with Crippen LogP contribution in [-0.4, -0.2) is 45.7 Å². The number of hydrogen-bond donors (Lipinski definition) is 1. The van der Waals surface area contributed by atoms with Gasteiger partial charge in [-0.1, -0.05) is 0 Å². The SMILES string of the molecule is CC12CC1CCN2c1ccn2ncc(C(=O)NCCOc3ccc(F)cc3)c2n1. The van der Waals surface area contributed by atoms with Crippen LogP contribution in [0.3, 0.4) is 0 Å². The number of anilines is 1. The molecule has 7 nitrogen and oxygen atoms in total. The normalized spacial score (nSPS) is 22.6. The number of hydrogen-bond acceptors (Lipinski definition) is 5. The number of piperidine rings is 1. The van der Waals surface area contributed by atoms with Crippen molar-refractivity contribution in [1.82, 2.24) is 19.9 Å². The van der Waals surface area contributed by atoms with Gasteiger partial charge in [-0.25, -0.2) is 13.9 Å². The Morgan fingerprint density at radius 1 is 1.34 bits per heavy atom. The predicted octanol–water partition coefficient (Wildman–Crippen LogP) is 2.67. The zero-order valence-corrected chi connectivity index (χ0v) is 16.1. The van der Waals surface area contributed by atoms with E-state index in [9.17, 15) is 9.18 Å². The van der Waals surface area contributed by atoms with Gasteiger partial charge in [0.25, 0.3) is 5.91 Å². The van der Waals surface area contributed by atoms with Gasteiger partial charge in [-0.2, -0.15) is 5.10 Å². The predicted molar refractivity (Wildman–Crippen MR) is 106 cm³/mol. The Bertz CT molecular complexity index is 1060. The first-order valence-corrected chi connectivity index (χ1v) is 9.83. The van der Waals surface area contributed by atoms with E-state index in [2.05, 4.69) is 22.2 Å². The van der Waals surface area contributed by atoms with Gasteiger partial charge >= 0.3 is 0 Å². The lowest BCUT2D eigenvalue weighted by atomic mass is 10.2. The molecule has 0 bridgehead atoms. The van der Waals surface area contributed by atoms with Gasteiger partial charge in [0.1, 0.15) is 29.6 Å². The highest BCUT2D eigenvalue weighted by Crippen LogP contribution is 2.56. The first kappa shape index (κ1) is 17.9. The Morgan fingerprint density at radius 3 is 2.90 bits per heavy atom. The quantitative estimate of drug-likeness (QED) is 0.650. The average molecular weight is 395 g/mol. The van der Waals surface area contributed by atoms with Gasteiger partial charge in [0.2, 0.25) is 0 Å². The number of fused-ring (bicyclic) bond motifs is 2. The molecule has 2 aromatic heterocycles. The molecule has 8 heteroatoms. The number of nitrogens with one attached hydrogen (secondary N) is 1. The molecule has 1 saturated heterocycles. The Labute approximate surface area is 167 Å².